The number of hydrogen-bond donors (Lipinski definition) is 1. The van der Waals surface area contributed by atoms with E-state index >= 15 is 0 Å². The number of methoxy groups -OCH3 is 1. The van der Waals surface area contributed by atoms with Gasteiger partial charge in [0.1, 0.15) is 16.8 Å². The number of ether oxygens (including phenoxy) is 1. The molecule has 0 aliphatic carbocycles. The van der Waals surface area contributed by atoms with Gasteiger partial charge in [-0.3, -0.25) is 4.79 Å². The third kappa shape index (κ3) is 4.54. The van der Waals surface area contributed by atoms with Gasteiger partial charge in [-0.25, -0.2) is 9.97 Å². The number of nitrogens with zero attached hydrogens (tertiary/aromatic N) is 4. The van der Waals surface area contributed by atoms with Crippen LogP contribution < -0.4 is 10.2 Å². The number of ketones is 1. The van der Waals surface area contributed by atoms with E-state index in [4.69, 9.17) is 9.72 Å². The van der Waals surface area contributed by atoms with Gasteiger partial charge in [-0.2, -0.15) is 4.98 Å². The topological polar surface area (TPSA) is 80.2 Å². The molecule has 8 heteroatoms. The summed E-state index contributed by atoms with van der Waals surface area (Å²) < 4.78 is 6.01. The average Bonchev–Trinajstić information content (AvgIpc) is 3.40. The zero-order valence-electron chi connectivity index (χ0n) is 16.5. The van der Waals surface area contributed by atoms with Gasteiger partial charge in [-0.1, -0.05) is 41.7 Å². The fraction of sp³-hybridized carbons (Fsp3) is 0.429. The van der Waals surface area contributed by atoms with Crippen molar-refractivity contribution in [2.45, 2.75) is 31.7 Å². The van der Waals surface area contributed by atoms with Crippen molar-refractivity contribution in [3.63, 3.8) is 0 Å². The number of nitrogens with one attached hydrogen (secondary N) is 1. The highest BCUT2D eigenvalue weighted by Crippen LogP contribution is 2.35. The lowest BCUT2D eigenvalue weighted by Crippen LogP contribution is -2.36. The molecule has 0 amide bonds. The molecule has 0 unspecified atom stereocenters. The second kappa shape index (κ2) is 9.28. The van der Waals surface area contributed by atoms with Gasteiger partial charge in [-0.05, 0) is 24.8 Å². The Kier molecular flexibility index (Phi) is 6.31. The molecule has 0 saturated carbocycles. The molecule has 152 valence electrons. The largest absolute Gasteiger partial charge is 0.383 e. The van der Waals surface area contributed by atoms with Crippen molar-refractivity contribution in [1.82, 2.24) is 15.0 Å². The molecule has 1 aliphatic heterocycles. The van der Waals surface area contributed by atoms with Gasteiger partial charge >= 0.3 is 0 Å². The minimum atomic E-state index is -0.0999. The average molecular weight is 412 g/mol. The summed E-state index contributed by atoms with van der Waals surface area (Å²) in [6.07, 6.45) is 4.74. The maximum Gasteiger partial charge on any atom is 0.188 e. The molecule has 1 aromatic carbocycles. The van der Waals surface area contributed by atoms with Crippen LogP contribution in [-0.2, 0) is 16.0 Å². The van der Waals surface area contributed by atoms with Crippen LogP contribution >= 0.6 is 11.3 Å². The summed E-state index contributed by atoms with van der Waals surface area (Å²) in [5.74, 6) is 1.05. The quantitative estimate of drug-likeness (QED) is 0.541. The minimum absolute atomic E-state index is 0.0999. The van der Waals surface area contributed by atoms with Crippen molar-refractivity contribution >= 4 is 38.4 Å². The van der Waals surface area contributed by atoms with Crippen LogP contribution in [0.4, 0.5) is 10.9 Å². The number of thiazole rings is 1. The van der Waals surface area contributed by atoms with Crippen molar-refractivity contribution in [1.29, 1.82) is 0 Å². The van der Waals surface area contributed by atoms with Gasteiger partial charge < -0.3 is 15.0 Å². The molecule has 1 saturated heterocycles. The first-order valence-electron chi connectivity index (χ1n) is 9.94. The van der Waals surface area contributed by atoms with E-state index in [1.807, 2.05) is 18.2 Å². The highest BCUT2D eigenvalue weighted by atomic mass is 32.1. The molecule has 0 spiro atoms. The van der Waals surface area contributed by atoms with Gasteiger partial charge in [0.25, 0.3) is 0 Å². The molecule has 1 N–H and O–H groups in total. The Balaban J connectivity index is 1.48. The molecule has 4 rings (SSSR count). The second-order valence-electron chi connectivity index (χ2n) is 7.09. The predicted octanol–water partition coefficient (Wildman–Crippen LogP) is 3.32. The highest BCUT2D eigenvalue weighted by molar-refractivity contribution is 7.22. The number of fused-ring (bicyclic) bond motifs is 1. The fourth-order valence-electron chi connectivity index (χ4n) is 3.67. The molecular weight excluding hydrogens is 386 g/mol. The van der Waals surface area contributed by atoms with Crippen LogP contribution in [-0.4, -0.2) is 53.6 Å². The SMILES string of the molecule is COCCNc1ncnc2nc(N3CCC[C@@H]3C(=O)CCc3ccccc3)sc12. The molecule has 0 bridgehead atoms. The first-order chi connectivity index (χ1) is 14.3. The van der Waals surface area contributed by atoms with E-state index in [-0.39, 0.29) is 11.8 Å². The number of rotatable bonds is 9. The molecule has 3 aromatic rings. The molecular formula is C21H25N5O2S. The van der Waals surface area contributed by atoms with E-state index in [2.05, 4.69) is 32.3 Å². The minimum Gasteiger partial charge on any atom is -0.383 e. The third-order valence-corrected chi connectivity index (χ3v) is 6.24. The molecule has 0 radical (unpaired) electrons. The van der Waals surface area contributed by atoms with E-state index in [0.717, 1.165) is 41.5 Å². The van der Waals surface area contributed by atoms with Crippen LogP contribution in [0.1, 0.15) is 24.8 Å². The highest BCUT2D eigenvalue weighted by Gasteiger charge is 2.32. The Labute approximate surface area is 174 Å². The summed E-state index contributed by atoms with van der Waals surface area (Å²) in [5, 5.41) is 4.13. The molecule has 29 heavy (non-hydrogen) atoms. The number of Topliss-reactive ketones (excluding diaryl/α,β-unsaturated/α-hetero) is 1. The van der Waals surface area contributed by atoms with E-state index < -0.39 is 0 Å². The van der Waals surface area contributed by atoms with Crippen LogP contribution in [0.15, 0.2) is 36.7 Å². The fourth-order valence-corrected chi connectivity index (χ4v) is 4.73. The van der Waals surface area contributed by atoms with E-state index in [1.54, 1.807) is 18.4 Å². The molecule has 1 atom stereocenters. The van der Waals surface area contributed by atoms with Crippen LogP contribution in [0.5, 0.6) is 0 Å². The second-order valence-corrected chi connectivity index (χ2v) is 8.07. The summed E-state index contributed by atoms with van der Waals surface area (Å²) in [5.41, 5.74) is 1.87. The predicted molar refractivity (Wildman–Crippen MR) is 116 cm³/mol. The Morgan fingerprint density at radius 3 is 3.00 bits per heavy atom. The normalized spacial score (nSPS) is 16.4. The van der Waals surface area contributed by atoms with Crippen LogP contribution in [0.2, 0.25) is 0 Å². The van der Waals surface area contributed by atoms with Gasteiger partial charge in [0.2, 0.25) is 0 Å². The Hall–Kier alpha value is -2.58. The smallest absolute Gasteiger partial charge is 0.188 e. The summed E-state index contributed by atoms with van der Waals surface area (Å²) in [6, 6.07) is 10.1. The summed E-state index contributed by atoms with van der Waals surface area (Å²) in [4.78, 5) is 28.5. The first kappa shape index (κ1) is 19.7. The Morgan fingerprint density at radius 1 is 1.31 bits per heavy atom. The number of carbonyl (C=O) groups excluding carboxylic acids is 1. The van der Waals surface area contributed by atoms with Crippen molar-refractivity contribution in [3.8, 4) is 0 Å². The lowest BCUT2D eigenvalue weighted by atomic mass is 10.0. The van der Waals surface area contributed by atoms with Gasteiger partial charge in [0.05, 0.1) is 12.6 Å². The van der Waals surface area contributed by atoms with Crippen LogP contribution in [0.3, 0.4) is 0 Å². The zero-order valence-corrected chi connectivity index (χ0v) is 17.3. The number of anilines is 2. The Bertz CT molecular complexity index is 962. The summed E-state index contributed by atoms with van der Waals surface area (Å²) in [6.45, 7) is 2.11. The van der Waals surface area contributed by atoms with Crippen molar-refractivity contribution in [2.75, 3.05) is 37.0 Å². The van der Waals surface area contributed by atoms with Gasteiger partial charge in [0, 0.05) is 26.6 Å². The number of aryl methyl sites for hydroxylation is 1. The molecule has 2 aromatic heterocycles. The number of carbonyl (C=O) groups is 1. The summed E-state index contributed by atoms with van der Waals surface area (Å²) in [7, 11) is 1.67. The molecule has 1 aliphatic rings. The van der Waals surface area contributed by atoms with Crippen LogP contribution in [0.25, 0.3) is 10.3 Å². The summed E-state index contributed by atoms with van der Waals surface area (Å²) >= 11 is 1.55. The van der Waals surface area contributed by atoms with E-state index in [1.165, 1.54) is 11.9 Å². The van der Waals surface area contributed by atoms with Crippen molar-refractivity contribution in [2.24, 2.45) is 0 Å². The van der Waals surface area contributed by atoms with Gasteiger partial charge in [0.15, 0.2) is 16.6 Å². The van der Waals surface area contributed by atoms with Gasteiger partial charge in [-0.15, -0.1) is 0 Å². The van der Waals surface area contributed by atoms with Crippen LogP contribution in [0, 0.1) is 0 Å². The number of benzene rings is 1. The number of aromatic nitrogens is 3. The molecule has 1 fully saturated rings. The first-order valence-corrected chi connectivity index (χ1v) is 10.8. The molecule has 3 heterocycles. The Morgan fingerprint density at radius 2 is 2.17 bits per heavy atom. The third-order valence-electron chi connectivity index (χ3n) is 5.15. The van der Waals surface area contributed by atoms with E-state index in [9.17, 15) is 4.79 Å². The lowest BCUT2D eigenvalue weighted by Gasteiger charge is -2.22. The van der Waals surface area contributed by atoms with E-state index in [0.29, 0.717) is 25.2 Å². The number of hydrogen-bond acceptors (Lipinski definition) is 8. The van der Waals surface area contributed by atoms with Crippen molar-refractivity contribution in [3.05, 3.63) is 42.2 Å². The molecule has 7 nitrogen and oxygen atoms in total. The maximum atomic E-state index is 12.9. The standard InChI is InChI=1S/C21H25N5O2S/c1-28-13-11-22-19-18-20(24-14-23-19)25-21(29-18)26-12-5-8-16(26)17(27)10-9-15-6-3-2-4-7-15/h2-4,6-7,14,16H,5,8-13H2,1H3,(H,22,23,24)/t16-/m1/s1. The maximum absolute atomic E-state index is 12.9. The monoisotopic (exact) mass is 411 g/mol. The van der Waals surface area contributed by atoms with Crippen molar-refractivity contribution < 1.29 is 9.53 Å². The lowest BCUT2D eigenvalue weighted by molar-refractivity contribution is -0.120. The zero-order chi connectivity index (χ0) is 20.1.